The molecule has 2 aromatic rings. The van der Waals surface area contributed by atoms with Gasteiger partial charge in [0.05, 0.1) is 6.33 Å². The number of carbonyl (C=O) groups excluding carboxylic acids is 1. The third kappa shape index (κ3) is 4.76. The third-order valence-electron chi connectivity index (χ3n) is 4.59. The summed E-state index contributed by atoms with van der Waals surface area (Å²) in [6.07, 6.45) is 7.48. The summed E-state index contributed by atoms with van der Waals surface area (Å²) < 4.78 is 3.10. The highest BCUT2D eigenvalue weighted by Gasteiger charge is 2.36. The first-order valence-corrected chi connectivity index (χ1v) is 8.59. The maximum absolute atomic E-state index is 12.9. The first-order valence-electron chi connectivity index (χ1n) is 7.80. The quantitative estimate of drug-likeness (QED) is 0.779. The fourth-order valence-corrected chi connectivity index (χ4v) is 3.36. The number of nitrogens with two attached hydrogens (primary N) is 1. The maximum Gasteiger partial charge on any atom is 0.246 e. The van der Waals surface area contributed by atoms with Gasteiger partial charge in [0.1, 0.15) is 5.54 Å². The van der Waals surface area contributed by atoms with Gasteiger partial charge in [-0.25, -0.2) is 4.98 Å². The number of imidazole rings is 1. The lowest BCUT2D eigenvalue weighted by Gasteiger charge is -2.37. The first-order chi connectivity index (χ1) is 11.0. The highest BCUT2D eigenvalue weighted by Crippen LogP contribution is 2.27. The van der Waals surface area contributed by atoms with E-state index in [1.165, 1.54) is 0 Å². The Labute approximate surface area is 168 Å². The Bertz CT molecular complexity index is 668. The molecule has 2 N–H and O–H groups in total. The lowest BCUT2D eigenvalue weighted by molar-refractivity contribution is -0.138. The van der Waals surface area contributed by atoms with Gasteiger partial charge in [0.2, 0.25) is 5.91 Å². The van der Waals surface area contributed by atoms with Crippen LogP contribution in [0.5, 0.6) is 0 Å². The van der Waals surface area contributed by atoms with E-state index in [0.717, 1.165) is 36.0 Å². The summed E-state index contributed by atoms with van der Waals surface area (Å²) in [5, 5.41) is 0. The van der Waals surface area contributed by atoms with Crippen molar-refractivity contribution >= 4 is 46.7 Å². The topological polar surface area (TPSA) is 64.2 Å². The number of rotatable bonds is 3. The number of hydrogen-bond donors (Lipinski definition) is 1. The van der Waals surface area contributed by atoms with Crippen molar-refractivity contribution in [2.75, 3.05) is 13.1 Å². The second-order valence-corrected chi connectivity index (χ2v) is 7.16. The number of carbonyl (C=O) groups is 1. The van der Waals surface area contributed by atoms with Crippen molar-refractivity contribution in [2.45, 2.75) is 31.3 Å². The molecule has 1 fully saturated rings. The molecule has 1 amide bonds. The largest absolute Gasteiger partial charge is 0.341 e. The second-order valence-electron chi connectivity index (χ2n) is 6.24. The number of piperidine rings is 1. The molecule has 25 heavy (non-hydrogen) atoms. The number of benzene rings is 1. The van der Waals surface area contributed by atoms with Crippen LogP contribution in [0.25, 0.3) is 0 Å². The van der Waals surface area contributed by atoms with Crippen LogP contribution in [0.15, 0.2) is 47.5 Å². The minimum Gasteiger partial charge on any atom is -0.341 e. The van der Waals surface area contributed by atoms with Gasteiger partial charge in [-0.3, -0.25) is 4.79 Å². The first kappa shape index (κ1) is 22.0. The zero-order valence-corrected chi connectivity index (χ0v) is 17.2. The monoisotopic (exact) mass is 448 g/mol. The van der Waals surface area contributed by atoms with Crippen LogP contribution in [-0.2, 0) is 10.3 Å². The van der Waals surface area contributed by atoms with E-state index in [2.05, 4.69) is 25.5 Å². The summed E-state index contributed by atoms with van der Waals surface area (Å²) in [4.78, 5) is 18.8. The molecule has 1 saturated heterocycles. The molecule has 0 saturated carbocycles. The van der Waals surface area contributed by atoms with E-state index < -0.39 is 5.54 Å². The van der Waals surface area contributed by atoms with Crippen molar-refractivity contribution in [2.24, 2.45) is 5.73 Å². The fraction of sp³-hybridized carbons (Fsp3) is 0.412. The van der Waals surface area contributed by atoms with E-state index in [1.54, 1.807) is 13.1 Å². The lowest BCUT2D eigenvalue weighted by atomic mass is 9.90. The highest BCUT2D eigenvalue weighted by molar-refractivity contribution is 9.10. The molecule has 5 nitrogen and oxygen atoms in total. The Morgan fingerprint density at radius 2 is 1.84 bits per heavy atom. The molecule has 1 unspecified atom stereocenters. The Kier molecular flexibility index (Phi) is 7.93. The predicted octanol–water partition coefficient (Wildman–Crippen LogP) is 3.53. The molecule has 2 heterocycles. The standard InChI is InChI=1S/C17H21BrN4O.2ClH/c1-17(19,13-2-4-14(18)5-3-13)16(23)21-9-6-15(7-10-21)22-11-8-20-12-22;;/h2-5,8,11-12,15H,6-7,9-10,19H2,1H3;2*1H. The molecule has 0 bridgehead atoms. The molecule has 1 aliphatic rings. The second kappa shape index (κ2) is 9.03. The van der Waals surface area contributed by atoms with Gasteiger partial charge in [-0.1, -0.05) is 28.1 Å². The molecule has 3 rings (SSSR count). The van der Waals surface area contributed by atoms with Gasteiger partial charge in [0, 0.05) is 36.0 Å². The highest BCUT2D eigenvalue weighted by atomic mass is 79.9. The van der Waals surface area contributed by atoms with Crippen molar-refractivity contribution < 1.29 is 4.79 Å². The normalized spacial score (nSPS) is 17.2. The summed E-state index contributed by atoms with van der Waals surface area (Å²) >= 11 is 3.41. The molecular weight excluding hydrogens is 427 g/mol. The molecule has 0 spiro atoms. The van der Waals surface area contributed by atoms with Crippen LogP contribution in [0.3, 0.4) is 0 Å². The third-order valence-corrected chi connectivity index (χ3v) is 5.12. The average Bonchev–Trinajstić information content (AvgIpc) is 3.09. The van der Waals surface area contributed by atoms with Crippen molar-refractivity contribution in [1.29, 1.82) is 0 Å². The van der Waals surface area contributed by atoms with E-state index in [1.807, 2.05) is 41.7 Å². The van der Waals surface area contributed by atoms with Crippen LogP contribution in [-0.4, -0.2) is 33.4 Å². The lowest BCUT2D eigenvalue weighted by Crippen LogP contribution is -2.53. The predicted molar refractivity (Wildman–Crippen MR) is 107 cm³/mol. The molecule has 1 atom stereocenters. The summed E-state index contributed by atoms with van der Waals surface area (Å²) in [6, 6.07) is 8.05. The number of amides is 1. The van der Waals surface area contributed by atoms with E-state index in [9.17, 15) is 4.79 Å². The Morgan fingerprint density at radius 3 is 2.36 bits per heavy atom. The number of halogens is 3. The zero-order valence-electron chi connectivity index (χ0n) is 14.0. The minimum atomic E-state index is -0.997. The van der Waals surface area contributed by atoms with Crippen LogP contribution in [0.4, 0.5) is 0 Å². The molecule has 1 aliphatic heterocycles. The van der Waals surface area contributed by atoms with E-state index in [0.29, 0.717) is 6.04 Å². The maximum atomic E-state index is 12.9. The van der Waals surface area contributed by atoms with Crippen LogP contribution >= 0.6 is 40.7 Å². The smallest absolute Gasteiger partial charge is 0.246 e. The molecule has 138 valence electrons. The number of nitrogens with zero attached hydrogens (tertiary/aromatic N) is 3. The van der Waals surface area contributed by atoms with Crippen molar-refractivity contribution in [3.05, 3.63) is 53.0 Å². The minimum absolute atomic E-state index is 0. The summed E-state index contributed by atoms with van der Waals surface area (Å²) in [5.74, 6) is -0.0103. The van der Waals surface area contributed by atoms with Crippen LogP contribution in [0.1, 0.15) is 31.4 Å². The van der Waals surface area contributed by atoms with Gasteiger partial charge < -0.3 is 15.2 Å². The Hall–Kier alpha value is -1.08. The van der Waals surface area contributed by atoms with Crippen molar-refractivity contribution in [3.63, 3.8) is 0 Å². The van der Waals surface area contributed by atoms with Gasteiger partial charge in [-0.05, 0) is 37.5 Å². The van der Waals surface area contributed by atoms with Gasteiger partial charge in [0.15, 0.2) is 0 Å². The van der Waals surface area contributed by atoms with E-state index in [-0.39, 0.29) is 30.7 Å². The molecular formula is C17H23BrCl2N4O. The van der Waals surface area contributed by atoms with Gasteiger partial charge in [-0.2, -0.15) is 0 Å². The molecule has 0 radical (unpaired) electrons. The van der Waals surface area contributed by atoms with E-state index in [4.69, 9.17) is 5.73 Å². The summed E-state index contributed by atoms with van der Waals surface area (Å²) in [7, 11) is 0. The van der Waals surface area contributed by atoms with Crippen molar-refractivity contribution in [1.82, 2.24) is 14.5 Å². The molecule has 1 aromatic carbocycles. The zero-order chi connectivity index (χ0) is 16.4. The fourth-order valence-electron chi connectivity index (χ4n) is 3.10. The van der Waals surface area contributed by atoms with Crippen molar-refractivity contribution in [3.8, 4) is 0 Å². The summed E-state index contributed by atoms with van der Waals surface area (Å²) in [6.45, 7) is 3.25. The number of aromatic nitrogens is 2. The van der Waals surface area contributed by atoms with Crippen LogP contribution in [0.2, 0.25) is 0 Å². The Balaban J connectivity index is 0.00000156. The number of likely N-dealkylation sites (tertiary alicyclic amines) is 1. The number of hydrogen-bond acceptors (Lipinski definition) is 3. The molecule has 1 aromatic heterocycles. The molecule has 0 aliphatic carbocycles. The van der Waals surface area contributed by atoms with Gasteiger partial charge >= 0.3 is 0 Å². The molecule has 8 heteroatoms. The summed E-state index contributed by atoms with van der Waals surface area (Å²) in [5.41, 5.74) is 6.21. The Morgan fingerprint density at radius 1 is 1.24 bits per heavy atom. The van der Waals surface area contributed by atoms with Gasteiger partial charge in [0.25, 0.3) is 0 Å². The van der Waals surface area contributed by atoms with Crippen LogP contribution in [0, 0.1) is 0 Å². The average molecular weight is 450 g/mol. The van der Waals surface area contributed by atoms with Crippen LogP contribution < -0.4 is 5.73 Å². The SMILES string of the molecule is CC(N)(C(=O)N1CCC(n2ccnc2)CC1)c1ccc(Br)cc1.Cl.Cl. The van der Waals surface area contributed by atoms with E-state index >= 15 is 0 Å². The van der Waals surface area contributed by atoms with Gasteiger partial charge in [-0.15, -0.1) is 24.8 Å².